The number of hydrogen-bond acceptors (Lipinski definition) is 3. The lowest BCUT2D eigenvalue weighted by Gasteiger charge is -2.01. The first-order chi connectivity index (χ1) is 9.56. The lowest BCUT2D eigenvalue weighted by molar-refractivity contribution is 0.104. The molecular formula is C16H11FO3. The summed E-state index contributed by atoms with van der Waals surface area (Å²) in [7, 11) is 0. The predicted molar refractivity (Wildman–Crippen MR) is 72.2 cm³/mol. The molecule has 0 amide bonds. The van der Waals surface area contributed by atoms with Crippen molar-refractivity contribution in [3.63, 3.8) is 0 Å². The molecule has 20 heavy (non-hydrogen) atoms. The van der Waals surface area contributed by atoms with Crippen molar-refractivity contribution in [2.24, 2.45) is 0 Å². The van der Waals surface area contributed by atoms with Gasteiger partial charge in [-0.2, -0.15) is 0 Å². The molecule has 0 radical (unpaired) electrons. The number of carbonyl (C=O) groups is 1. The van der Waals surface area contributed by atoms with Crippen molar-refractivity contribution in [1.82, 2.24) is 0 Å². The molecule has 1 aliphatic carbocycles. The molecule has 2 aromatic rings. The first-order valence-electron chi connectivity index (χ1n) is 6.11. The third kappa shape index (κ3) is 1.95. The van der Waals surface area contributed by atoms with Crippen LogP contribution in [0, 0.1) is 5.82 Å². The molecule has 0 saturated heterocycles. The summed E-state index contributed by atoms with van der Waals surface area (Å²) in [6.07, 6.45) is 1.73. The van der Waals surface area contributed by atoms with Crippen LogP contribution in [0.5, 0.6) is 11.5 Å². The zero-order valence-corrected chi connectivity index (χ0v) is 10.4. The van der Waals surface area contributed by atoms with Crippen LogP contribution in [-0.4, -0.2) is 16.0 Å². The van der Waals surface area contributed by atoms with Crippen molar-refractivity contribution < 1.29 is 19.4 Å². The van der Waals surface area contributed by atoms with Crippen molar-refractivity contribution in [1.29, 1.82) is 0 Å². The molecule has 0 bridgehead atoms. The summed E-state index contributed by atoms with van der Waals surface area (Å²) in [6, 6.07) is 8.54. The SMILES string of the molecule is O=C1/C(=C/c2ccc(O)cc2O)Cc2c(F)cccc21. The van der Waals surface area contributed by atoms with E-state index in [1.54, 1.807) is 6.07 Å². The number of halogens is 1. The number of allylic oxidation sites excluding steroid dienone is 1. The van der Waals surface area contributed by atoms with Crippen LogP contribution >= 0.6 is 0 Å². The highest BCUT2D eigenvalue weighted by atomic mass is 19.1. The normalized spacial score (nSPS) is 15.7. The first kappa shape index (κ1) is 12.4. The van der Waals surface area contributed by atoms with E-state index < -0.39 is 5.82 Å². The Morgan fingerprint density at radius 1 is 1.15 bits per heavy atom. The standard InChI is InChI=1S/C16H11FO3/c17-14-3-1-2-12-13(14)7-10(16(12)20)6-9-4-5-11(18)8-15(9)19/h1-6,8,18-19H,7H2/b10-6+. The molecule has 1 aliphatic rings. The maximum Gasteiger partial charge on any atom is 0.189 e. The summed E-state index contributed by atoms with van der Waals surface area (Å²) in [5.41, 5.74) is 1.60. The van der Waals surface area contributed by atoms with Gasteiger partial charge in [0.05, 0.1) is 0 Å². The fourth-order valence-corrected chi connectivity index (χ4v) is 2.35. The van der Waals surface area contributed by atoms with Gasteiger partial charge in [0, 0.05) is 34.8 Å². The van der Waals surface area contributed by atoms with E-state index in [0.717, 1.165) is 0 Å². The highest BCUT2D eigenvalue weighted by Gasteiger charge is 2.27. The van der Waals surface area contributed by atoms with Gasteiger partial charge in [-0.05, 0) is 24.3 Å². The molecule has 0 heterocycles. The van der Waals surface area contributed by atoms with Gasteiger partial charge >= 0.3 is 0 Å². The van der Waals surface area contributed by atoms with Crippen molar-refractivity contribution in [2.75, 3.05) is 0 Å². The van der Waals surface area contributed by atoms with Gasteiger partial charge in [0.25, 0.3) is 0 Å². The van der Waals surface area contributed by atoms with Gasteiger partial charge < -0.3 is 10.2 Å². The molecule has 0 saturated carbocycles. The fraction of sp³-hybridized carbons (Fsp3) is 0.0625. The number of phenols is 2. The second-order valence-electron chi connectivity index (χ2n) is 4.68. The molecule has 3 nitrogen and oxygen atoms in total. The average Bonchev–Trinajstić information content (AvgIpc) is 2.72. The summed E-state index contributed by atoms with van der Waals surface area (Å²) >= 11 is 0. The highest BCUT2D eigenvalue weighted by Crippen LogP contribution is 2.32. The van der Waals surface area contributed by atoms with E-state index in [9.17, 15) is 19.4 Å². The Morgan fingerprint density at radius 2 is 1.95 bits per heavy atom. The number of ketones is 1. The van der Waals surface area contributed by atoms with Crippen LogP contribution in [0.15, 0.2) is 42.0 Å². The number of phenolic OH excluding ortho intramolecular Hbond substituents is 2. The Labute approximate surface area is 114 Å². The lowest BCUT2D eigenvalue weighted by Crippen LogP contribution is -1.95. The van der Waals surface area contributed by atoms with Gasteiger partial charge in [0.15, 0.2) is 5.78 Å². The molecule has 0 unspecified atom stereocenters. The summed E-state index contributed by atoms with van der Waals surface area (Å²) in [4.78, 5) is 12.2. The summed E-state index contributed by atoms with van der Waals surface area (Å²) in [5.74, 6) is -0.806. The molecule has 0 aromatic heterocycles. The predicted octanol–water partition coefficient (Wildman–Crippen LogP) is 3.06. The van der Waals surface area contributed by atoms with E-state index in [0.29, 0.717) is 22.3 Å². The van der Waals surface area contributed by atoms with Crippen molar-refractivity contribution in [2.45, 2.75) is 6.42 Å². The van der Waals surface area contributed by atoms with E-state index in [-0.39, 0.29) is 23.7 Å². The van der Waals surface area contributed by atoms with Crippen LogP contribution in [0.4, 0.5) is 4.39 Å². The van der Waals surface area contributed by atoms with E-state index in [4.69, 9.17) is 0 Å². The monoisotopic (exact) mass is 270 g/mol. The van der Waals surface area contributed by atoms with Crippen LogP contribution in [-0.2, 0) is 6.42 Å². The van der Waals surface area contributed by atoms with E-state index in [1.165, 1.54) is 36.4 Å². The highest BCUT2D eigenvalue weighted by molar-refractivity contribution is 6.15. The Morgan fingerprint density at radius 3 is 2.65 bits per heavy atom. The van der Waals surface area contributed by atoms with Gasteiger partial charge in [-0.3, -0.25) is 4.79 Å². The zero-order valence-electron chi connectivity index (χ0n) is 10.4. The van der Waals surface area contributed by atoms with Crippen molar-refractivity contribution in [3.8, 4) is 11.5 Å². The minimum atomic E-state index is -0.394. The van der Waals surface area contributed by atoms with Crippen molar-refractivity contribution >= 4 is 11.9 Å². The smallest absolute Gasteiger partial charge is 0.189 e. The third-order valence-corrected chi connectivity index (χ3v) is 3.37. The Kier molecular flexibility index (Phi) is 2.79. The fourth-order valence-electron chi connectivity index (χ4n) is 2.35. The topological polar surface area (TPSA) is 57.5 Å². The number of Topliss-reactive ketones (excluding diaryl/α,β-unsaturated/α-hetero) is 1. The Bertz CT molecular complexity index is 747. The van der Waals surface area contributed by atoms with Gasteiger partial charge in [0.2, 0.25) is 0 Å². The van der Waals surface area contributed by atoms with Gasteiger partial charge in [-0.15, -0.1) is 0 Å². The molecule has 0 fully saturated rings. The van der Waals surface area contributed by atoms with Gasteiger partial charge in [0.1, 0.15) is 17.3 Å². The number of benzene rings is 2. The molecular weight excluding hydrogens is 259 g/mol. The summed E-state index contributed by atoms with van der Waals surface area (Å²) in [5, 5.41) is 19.0. The van der Waals surface area contributed by atoms with Crippen LogP contribution in [0.2, 0.25) is 0 Å². The summed E-state index contributed by atoms with van der Waals surface area (Å²) in [6.45, 7) is 0. The van der Waals surface area contributed by atoms with Gasteiger partial charge in [-0.25, -0.2) is 4.39 Å². The molecule has 0 spiro atoms. The Balaban J connectivity index is 2.04. The number of aromatic hydroxyl groups is 2. The molecule has 3 rings (SSSR count). The van der Waals surface area contributed by atoms with Crippen LogP contribution < -0.4 is 0 Å². The Hall–Kier alpha value is -2.62. The number of rotatable bonds is 1. The molecule has 0 aliphatic heterocycles. The molecule has 2 N–H and O–H groups in total. The second kappa shape index (κ2) is 4.49. The van der Waals surface area contributed by atoms with E-state index in [2.05, 4.69) is 0 Å². The first-order valence-corrected chi connectivity index (χ1v) is 6.11. The molecule has 0 atom stereocenters. The molecule has 4 heteroatoms. The summed E-state index contributed by atoms with van der Waals surface area (Å²) < 4.78 is 13.6. The molecule has 2 aromatic carbocycles. The maximum atomic E-state index is 13.6. The van der Waals surface area contributed by atoms with E-state index in [1.807, 2.05) is 0 Å². The van der Waals surface area contributed by atoms with Gasteiger partial charge in [-0.1, -0.05) is 12.1 Å². The van der Waals surface area contributed by atoms with Crippen LogP contribution in [0.3, 0.4) is 0 Å². The van der Waals surface area contributed by atoms with Crippen LogP contribution in [0.1, 0.15) is 21.5 Å². The number of fused-ring (bicyclic) bond motifs is 1. The molecule has 100 valence electrons. The number of carbonyl (C=O) groups excluding carboxylic acids is 1. The lowest BCUT2D eigenvalue weighted by atomic mass is 10.1. The quantitative estimate of drug-likeness (QED) is 0.783. The van der Waals surface area contributed by atoms with Crippen molar-refractivity contribution in [3.05, 3.63) is 64.5 Å². The number of hydrogen-bond donors (Lipinski definition) is 2. The van der Waals surface area contributed by atoms with E-state index >= 15 is 0 Å². The second-order valence-corrected chi connectivity index (χ2v) is 4.68. The third-order valence-electron chi connectivity index (χ3n) is 3.37. The largest absolute Gasteiger partial charge is 0.508 e. The minimum Gasteiger partial charge on any atom is -0.508 e. The van der Waals surface area contributed by atoms with Crippen LogP contribution in [0.25, 0.3) is 6.08 Å². The zero-order chi connectivity index (χ0) is 14.3. The average molecular weight is 270 g/mol. The minimum absolute atomic E-state index is 0.0586. The maximum absolute atomic E-state index is 13.6.